The topological polar surface area (TPSA) is 30.0 Å². The molecular weight excluding hydrogens is 474 g/mol. The minimum Gasteiger partial charge on any atom is -0.870 e. The molecule has 0 saturated heterocycles. The second-order valence-corrected chi connectivity index (χ2v) is 13.0. The Bertz CT molecular complexity index is 659. The molecule has 0 unspecified atom stereocenters. The molecule has 2 heteroatoms. The first kappa shape index (κ1) is 38.1. The molecule has 1 N–H and O–H groups in total. The number of benzene rings is 1. The molecule has 0 spiro atoms. The highest BCUT2D eigenvalue weighted by molar-refractivity contribution is 5.33. The van der Waals surface area contributed by atoms with E-state index in [4.69, 9.17) is 0 Å². The van der Waals surface area contributed by atoms with Gasteiger partial charge in [-0.15, -0.1) is 0 Å². The first-order valence-corrected chi connectivity index (χ1v) is 17.4. The zero-order valence-electron chi connectivity index (χ0n) is 27.7. The van der Waals surface area contributed by atoms with Crippen LogP contribution in [0, 0.1) is 0 Å². The number of hydrogen-bond donors (Lipinski definition) is 0. The van der Waals surface area contributed by atoms with Crippen LogP contribution in [0.4, 0.5) is 0 Å². The third-order valence-corrected chi connectivity index (χ3v) is 9.44. The Balaban J connectivity index is 0.0000144. The summed E-state index contributed by atoms with van der Waals surface area (Å²) in [6.45, 7) is 10.7. The van der Waals surface area contributed by atoms with Crippen molar-refractivity contribution in [2.45, 2.75) is 181 Å². The fraction of sp³-hybridized carbons (Fsp3) is 0.838. The van der Waals surface area contributed by atoms with Crippen LogP contribution in [-0.2, 0) is 12.0 Å². The van der Waals surface area contributed by atoms with Crippen LogP contribution < -0.4 is 0 Å². The Labute approximate surface area is 246 Å². The summed E-state index contributed by atoms with van der Waals surface area (Å²) < 4.78 is 1.16. The summed E-state index contributed by atoms with van der Waals surface area (Å²) in [5, 5.41) is 0. The smallest absolute Gasteiger partial charge is 0.125 e. The van der Waals surface area contributed by atoms with Gasteiger partial charge in [-0.2, -0.15) is 0 Å². The maximum atomic E-state index is 2.57. The zero-order chi connectivity index (χ0) is 28.0. The molecule has 2 nitrogen and oxygen atoms in total. The predicted molar refractivity (Wildman–Crippen MR) is 175 cm³/mol. The molecule has 39 heavy (non-hydrogen) atoms. The molecular formula is C37H71NO. The van der Waals surface area contributed by atoms with E-state index in [9.17, 15) is 0 Å². The first-order chi connectivity index (χ1) is 18.5. The normalized spacial score (nSPS) is 12.1. The molecule has 0 aliphatic carbocycles. The van der Waals surface area contributed by atoms with E-state index in [1.807, 2.05) is 0 Å². The summed E-state index contributed by atoms with van der Waals surface area (Å²) >= 11 is 0. The molecule has 0 bridgehead atoms. The molecule has 1 aromatic carbocycles. The molecule has 0 aliphatic rings. The van der Waals surface area contributed by atoms with Gasteiger partial charge in [-0.1, -0.05) is 148 Å². The van der Waals surface area contributed by atoms with E-state index in [0.29, 0.717) is 0 Å². The molecule has 1 aromatic rings. The van der Waals surface area contributed by atoms with Crippen LogP contribution in [0.2, 0.25) is 0 Å². The Morgan fingerprint density at radius 3 is 1.38 bits per heavy atom. The number of aryl methyl sites for hydroxylation is 1. The molecule has 0 heterocycles. The molecule has 0 saturated carbocycles. The highest BCUT2D eigenvalue weighted by Gasteiger charge is 2.46. The Morgan fingerprint density at radius 2 is 0.923 bits per heavy atom. The molecule has 0 atom stereocenters. The highest BCUT2D eigenvalue weighted by atomic mass is 16.0. The fourth-order valence-electron chi connectivity index (χ4n) is 6.74. The van der Waals surface area contributed by atoms with Gasteiger partial charge in [0.05, 0.1) is 20.6 Å². The number of rotatable bonds is 26. The minimum absolute atomic E-state index is 0. The summed E-state index contributed by atoms with van der Waals surface area (Å²) in [6.07, 6.45) is 31.9. The second-order valence-electron chi connectivity index (χ2n) is 13.0. The average molecular weight is 546 g/mol. The summed E-state index contributed by atoms with van der Waals surface area (Å²) in [5.74, 6) is 0. The quantitative estimate of drug-likeness (QED) is 0.0840. The molecule has 0 aromatic heterocycles. The predicted octanol–water partition coefficient (Wildman–Crippen LogP) is 12.0. The zero-order valence-corrected chi connectivity index (χ0v) is 27.7. The average Bonchev–Trinajstić information content (AvgIpc) is 2.92. The molecule has 0 fully saturated rings. The first-order valence-electron chi connectivity index (χ1n) is 17.4. The van der Waals surface area contributed by atoms with Crippen molar-refractivity contribution in [3.63, 3.8) is 0 Å². The van der Waals surface area contributed by atoms with Crippen LogP contribution in [0.15, 0.2) is 24.3 Å². The lowest BCUT2D eigenvalue weighted by Crippen LogP contribution is -2.58. The molecule has 1 rings (SSSR count). The van der Waals surface area contributed by atoms with Crippen molar-refractivity contribution >= 4 is 0 Å². The van der Waals surface area contributed by atoms with Gasteiger partial charge < -0.3 is 9.96 Å². The van der Waals surface area contributed by atoms with Gasteiger partial charge in [-0.3, -0.25) is 0 Å². The molecule has 0 aliphatic heterocycles. The van der Waals surface area contributed by atoms with E-state index >= 15 is 0 Å². The van der Waals surface area contributed by atoms with E-state index in [2.05, 4.69) is 66.1 Å². The Morgan fingerprint density at radius 1 is 0.513 bits per heavy atom. The van der Waals surface area contributed by atoms with Gasteiger partial charge >= 0.3 is 0 Å². The van der Waals surface area contributed by atoms with Gasteiger partial charge in [0.1, 0.15) is 5.54 Å². The van der Waals surface area contributed by atoms with Gasteiger partial charge in [0.15, 0.2) is 0 Å². The number of unbranched alkanes of at least 4 members (excludes halogenated alkanes) is 16. The van der Waals surface area contributed by atoms with Crippen LogP contribution in [0.1, 0.15) is 180 Å². The Hall–Kier alpha value is -0.860. The van der Waals surface area contributed by atoms with Crippen molar-refractivity contribution in [1.82, 2.24) is 0 Å². The van der Waals surface area contributed by atoms with Crippen molar-refractivity contribution < 1.29 is 9.96 Å². The van der Waals surface area contributed by atoms with Crippen LogP contribution in [-0.4, -0.2) is 30.6 Å². The number of quaternary nitrogens is 1. The minimum atomic E-state index is 0. The summed E-state index contributed by atoms with van der Waals surface area (Å²) in [4.78, 5) is 0. The summed E-state index contributed by atoms with van der Waals surface area (Å²) in [5.41, 5.74) is 3.58. The van der Waals surface area contributed by atoms with Crippen LogP contribution in [0.3, 0.4) is 0 Å². The lowest BCUT2D eigenvalue weighted by molar-refractivity contribution is -0.951. The van der Waals surface area contributed by atoms with Crippen LogP contribution >= 0.6 is 0 Å². The second kappa shape index (κ2) is 23.8. The lowest BCUT2D eigenvalue weighted by Gasteiger charge is -2.50. The van der Waals surface area contributed by atoms with Crippen LogP contribution in [0.25, 0.3) is 0 Å². The van der Waals surface area contributed by atoms with Crippen molar-refractivity contribution in [3.8, 4) is 0 Å². The third kappa shape index (κ3) is 14.6. The largest absolute Gasteiger partial charge is 0.870 e. The summed E-state index contributed by atoms with van der Waals surface area (Å²) in [6, 6.07) is 9.57. The fourth-order valence-corrected chi connectivity index (χ4v) is 6.74. The summed E-state index contributed by atoms with van der Waals surface area (Å²) in [7, 11) is 5.15. The van der Waals surface area contributed by atoms with Crippen molar-refractivity contribution in [2.24, 2.45) is 0 Å². The van der Waals surface area contributed by atoms with Crippen molar-refractivity contribution in [3.05, 3.63) is 35.4 Å². The molecule has 0 radical (unpaired) electrons. The maximum Gasteiger partial charge on any atom is 0.125 e. The van der Waals surface area contributed by atoms with E-state index in [-0.39, 0.29) is 11.0 Å². The number of nitrogens with zero attached hydrogens (tertiary/aromatic N) is 1. The molecule has 0 amide bonds. The van der Waals surface area contributed by atoms with Gasteiger partial charge in [-0.25, -0.2) is 0 Å². The van der Waals surface area contributed by atoms with E-state index in [0.717, 1.165) is 4.48 Å². The third-order valence-electron chi connectivity index (χ3n) is 9.44. The molecule has 230 valence electrons. The van der Waals surface area contributed by atoms with Crippen molar-refractivity contribution in [2.75, 3.05) is 20.6 Å². The van der Waals surface area contributed by atoms with Gasteiger partial charge in [-0.05, 0) is 44.1 Å². The highest BCUT2D eigenvalue weighted by Crippen LogP contribution is 2.44. The van der Waals surface area contributed by atoms with E-state index in [1.165, 1.54) is 154 Å². The van der Waals surface area contributed by atoms with Crippen LogP contribution in [0.5, 0.6) is 0 Å². The van der Waals surface area contributed by atoms with E-state index < -0.39 is 0 Å². The van der Waals surface area contributed by atoms with Crippen molar-refractivity contribution in [1.29, 1.82) is 0 Å². The van der Waals surface area contributed by atoms with E-state index in [1.54, 1.807) is 11.1 Å². The lowest BCUT2D eigenvalue weighted by atomic mass is 9.75. The standard InChI is InChI=1S/C37H70N.H2O/c1-7-11-15-16-17-18-19-20-21-22-23-24-25-28-34-38(5,6)37(32-13-9-3,33-14-10-4)36-31-27-26-30-35(36)29-12-8-2;/h26-27,30-31H,7-25,28-29,32-34H2,1-6H3;1H2/q+1;/p-1. The Kier molecular flexibility index (Phi) is 23.3. The SMILES string of the molecule is CCCCCCCCCCCCCCCC[N+](C)(C)C(CCCC)(CCCC)c1ccccc1CCCC.[OH-]. The van der Waals surface area contributed by atoms with Gasteiger partial charge in [0.2, 0.25) is 0 Å². The maximum absolute atomic E-state index is 2.57. The van der Waals surface area contributed by atoms with Gasteiger partial charge in [0, 0.05) is 18.4 Å². The number of hydrogen-bond acceptors (Lipinski definition) is 1. The van der Waals surface area contributed by atoms with Gasteiger partial charge in [0.25, 0.3) is 0 Å². The monoisotopic (exact) mass is 546 g/mol.